The molecule has 35 nitrogen and oxygen atoms in total. The van der Waals surface area contributed by atoms with Gasteiger partial charge in [0.1, 0.15) is 35.4 Å². The van der Waals surface area contributed by atoms with Crippen LogP contribution in [0.2, 0.25) is 0 Å². The number of piperidine rings is 2. The molecular formula is C91H118N10O25. The van der Waals surface area contributed by atoms with Crippen LogP contribution in [0.5, 0.6) is 28.7 Å². The zero-order valence-electron chi connectivity index (χ0n) is 71.7. The number of aliphatic hydroxyl groups excluding tert-OH is 8. The topological polar surface area (TPSA) is 473 Å². The number of ketones is 2. The number of fused-ring (bicyclic) bond motifs is 1. The van der Waals surface area contributed by atoms with Crippen molar-refractivity contribution < 1.29 is 122 Å². The van der Waals surface area contributed by atoms with Crippen LogP contribution in [0, 0.1) is 5.92 Å². The van der Waals surface area contributed by atoms with Crippen molar-refractivity contribution in [3.8, 4) is 28.7 Å². The van der Waals surface area contributed by atoms with Crippen LogP contribution in [0.4, 0.5) is 0 Å². The Morgan fingerprint density at radius 1 is 0.421 bits per heavy atom. The van der Waals surface area contributed by atoms with E-state index in [9.17, 15) is 93.6 Å². The Labute approximate surface area is 731 Å². The summed E-state index contributed by atoms with van der Waals surface area (Å²) in [4.78, 5) is 146. The number of carbonyl (C=O) groups excluding carboxylic acids is 11. The van der Waals surface area contributed by atoms with Crippen molar-refractivity contribution in [1.82, 2.24) is 50.7 Å². The highest BCUT2D eigenvalue weighted by molar-refractivity contribution is 5.94. The fourth-order valence-corrected chi connectivity index (χ4v) is 15.7. The second kappa shape index (κ2) is 48.3. The van der Waals surface area contributed by atoms with E-state index in [0.717, 1.165) is 48.3 Å². The molecule has 8 amide bonds. The van der Waals surface area contributed by atoms with Crippen LogP contribution in [0.15, 0.2) is 158 Å². The van der Waals surface area contributed by atoms with Crippen LogP contribution in [0.3, 0.4) is 0 Å². The van der Waals surface area contributed by atoms with Crippen LogP contribution in [0.25, 0.3) is 0 Å². The number of hydrogen-bond donors (Lipinski definition) is 12. The highest BCUT2D eigenvalue weighted by Crippen LogP contribution is 2.39. The van der Waals surface area contributed by atoms with Gasteiger partial charge in [-0.15, -0.1) is 0 Å². The maximum absolute atomic E-state index is 12.8. The Morgan fingerprint density at radius 2 is 0.810 bits per heavy atom. The van der Waals surface area contributed by atoms with Crippen molar-refractivity contribution in [3.05, 3.63) is 186 Å². The fraction of sp³-hybridized carbons (Fsp3) is 0.484. The normalized spacial score (nSPS) is 18.3. The molecule has 126 heavy (non-hydrogen) atoms. The average Bonchev–Trinajstić information content (AvgIpc) is 0.958. The molecule has 682 valence electrons. The molecular weight excluding hydrogens is 1630 g/mol. The molecule has 12 rings (SSSR count). The molecule has 0 bridgehead atoms. The summed E-state index contributed by atoms with van der Waals surface area (Å²) in [5, 5.41) is 91.7. The highest BCUT2D eigenvalue weighted by atomic mass is 16.7. The van der Waals surface area contributed by atoms with E-state index in [1.165, 1.54) is 27.5 Å². The number of amides is 8. The lowest BCUT2D eigenvalue weighted by Gasteiger charge is -2.41. The maximum atomic E-state index is 12.8. The van der Waals surface area contributed by atoms with E-state index in [0.29, 0.717) is 98.7 Å². The molecule has 35 heteroatoms. The van der Waals surface area contributed by atoms with Crippen molar-refractivity contribution in [2.45, 2.75) is 145 Å². The molecule has 0 aromatic heterocycles. The number of Topliss-reactive ketones (excluding diaryl/α,β-unsaturated/α-hetero) is 2. The number of methoxy groups -OCH3 is 2. The van der Waals surface area contributed by atoms with E-state index >= 15 is 0 Å². The zero-order valence-corrected chi connectivity index (χ0v) is 71.7. The van der Waals surface area contributed by atoms with Crippen LogP contribution < -0.4 is 45.0 Å². The van der Waals surface area contributed by atoms with E-state index in [1.807, 2.05) is 83.8 Å². The van der Waals surface area contributed by atoms with Gasteiger partial charge < -0.3 is 115 Å². The van der Waals surface area contributed by atoms with Crippen molar-refractivity contribution in [2.24, 2.45) is 5.92 Å². The molecule has 6 heterocycles. The smallest absolute Gasteiger partial charge is 0.320 e. The standard InChI is InChI=1S/C25H28N2O7.C25H30N2O6.C21H31N3O5.C20H29N3O7/c1-16(28)25(18-5-3-2-4-6-18)9-11-27(12-10-25)24(32)22(30)21(29)23(31)26-14-17-7-8-19-20(13-17)34-15-33-19;1-17(28)25(19-6-4-3-5-7-19)12-14-27(15-13-25)24(32)22(30)21(29)23(31)26-16-18-8-10-20(33-2)11-9-18;25-18(20(27)22-9-13-29-17-6-2-1-3-7-17)19(26)21(28)24-12-8-16(15-24)14-23-10-4-5-11-23;1-3-30-16(24)13-22-8-10-23(11-9-22)20(28)18(26)17(25)19(27)21-12-14-4-6-15(29-2)7-5-14/h2-8,13,21-22,29-30H,9-12,14-15H2,1H3,(H,26,31);3-11,21-22,29-30H,12-16H2,1-2H3,(H,26,31);1-3,6-7,16,18-19,25-26H,4-5,8-15H2,(H,22,27);4-7,17-18,25-26H,3,8-13H2,1-2H3,(H,21,27)/t2*21-,22-;16-,18+,19+;17-,18-/m1101/s1. The van der Waals surface area contributed by atoms with Gasteiger partial charge in [-0.3, -0.25) is 57.6 Å². The lowest BCUT2D eigenvalue weighted by Crippen LogP contribution is -2.56. The number of benzene rings is 6. The minimum Gasteiger partial charge on any atom is -0.497 e. The first kappa shape index (κ1) is 98.3. The number of carbonyl (C=O) groups is 11. The summed E-state index contributed by atoms with van der Waals surface area (Å²) < 4.78 is 31.0. The minimum atomic E-state index is -1.92. The number of aliphatic hydroxyl groups is 8. The van der Waals surface area contributed by atoms with Gasteiger partial charge >= 0.3 is 5.97 Å². The van der Waals surface area contributed by atoms with E-state index in [1.54, 1.807) is 119 Å². The average molecular weight is 1750 g/mol. The molecule has 5 fully saturated rings. The zero-order chi connectivity index (χ0) is 91.0. The first-order valence-electron chi connectivity index (χ1n) is 42.3. The Hall–Kier alpha value is -11.5. The number of nitrogens with one attached hydrogen (secondary N) is 4. The second-order valence-corrected chi connectivity index (χ2v) is 31.6. The summed E-state index contributed by atoms with van der Waals surface area (Å²) in [6.45, 7) is 12.8. The highest BCUT2D eigenvalue weighted by Gasteiger charge is 2.46. The predicted molar refractivity (Wildman–Crippen MR) is 456 cm³/mol. The first-order valence-corrected chi connectivity index (χ1v) is 42.3. The van der Waals surface area contributed by atoms with Gasteiger partial charge in [0.05, 0.1) is 44.7 Å². The maximum Gasteiger partial charge on any atom is 0.320 e. The number of ether oxygens (including phenoxy) is 6. The molecule has 12 N–H and O–H groups in total. The number of hydrogen-bond acceptors (Lipinski definition) is 27. The van der Waals surface area contributed by atoms with Crippen molar-refractivity contribution in [2.75, 3.05) is 132 Å². The quantitative estimate of drug-likeness (QED) is 0.0199. The van der Waals surface area contributed by atoms with Gasteiger partial charge in [-0.1, -0.05) is 109 Å². The molecule has 6 aromatic rings. The number of esters is 1. The van der Waals surface area contributed by atoms with E-state index in [-0.39, 0.29) is 103 Å². The van der Waals surface area contributed by atoms with E-state index in [4.69, 9.17) is 28.4 Å². The van der Waals surface area contributed by atoms with Gasteiger partial charge in [-0.2, -0.15) is 0 Å². The molecule has 0 radical (unpaired) electrons. The van der Waals surface area contributed by atoms with Gasteiger partial charge in [-0.05, 0) is 161 Å². The van der Waals surface area contributed by atoms with Crippen LogP contribution in [-0.2, 0) is 87.9 Å². The van der Waals surface area contributed by atoms with Crippen LogP contribution in [0.1, 0.15) is 93.5 Å². The fourth-order valence-electron chi connectivity index (χ4n) is 15.7. The predicted octanol–water partition coefficient (Wildman–Crippen LogP) is 0.673. The third-order valence-corrected chi connectivity index (χ3v) is 23.4. The Bertz CT molecular complexity index is 4550. The first-order chi connectivity index (χ1) is 60.5. The monoisotopic (exact) mass is 1750 g/mol. The van der Waals surface area contributed by atoms with E-state index < -0.39 is 107 Å². The summed E-state index contributed by atoms with van der Waals surface area (Å²) in [6, 6.07) is 47.2. The Morgan fingerprint density at radius 3 is 1.23 bits per heavy atom. The number of likely N-dealkylation sites (tertiary alicyclic amines) is 4. The van der Waals surface area contributed by atoms with Gasteiger partial charge in [0.25, 0.3) is 47.3 Å². The van der Waals surface area contributed by atoms with Crippen LogP contribution >= 0.6 is 0 Å². The SMILES string of the molecule is CC(=O)C1(c2ccccc2)CCN(C(=O)[C@H](O)[C@@H](O)C(=O)NCc2ccc3c(c2)OCO3)CC1.CCOC(=O)CN1CCN(C(=O)[C@H](O)[C@@H](O)C(=O)NCc2ccc(OC)cc2)CC1.COc1ccc(CNC(=O)[C@H](O)[C@@H](O)C(=O)N2CCC(C(C)=O)(c3ccccc3)CC2)cc1.O=C(NCCOc1ccccc1)[C@H](O)[C@@H](O)C(=O)N1CC[C@@H](CN2CCCC2)C1. The number of para-hydroxylation sites is 1. The largest absolute Gasteiger partial charge is 0.497 e. The lowest BCUT2D eigenvalue weighted by molar-refractivity contribution is -0.155. The molecule has 0 spiro atoms. The van der Waals surface area contributed by atoms with Gasteiger partial charge in [0, 0.05) is 91.6 Å². The Balaban J connectivity index is 0.000000190. The third kappa shape index (κ3) is 27.3. The van der Waals surface area contributed by atoms with Crippen molar-refractivity contribution in [1.29, 1.82) is 0 Å². The molecule has 0 unspecified atom stereocenters. The second-order valence-electron chi connectivity index (χ2n) is 31.6. The molecule has 0 saturated carbocycles. The molecule has 0 aliphatic carbocycles. The van der Waals surface area contributed by atoms with E-state index in [2.05, 4.69) is 26.2 Å². The summed E-state index contributed by atoms with van der Waals surface area (Å²) in [6.07, 6.45) is -9.95. The molecule has 6 aromatic carbocycles. The number of nitrogens with zero attached hydrogens (tertiary/aromatic N) is 6. The van der Waals surface area contributed by atoms with Gasteiger partial charge in [-0.25, -0.2) is 0 Å². The lowest BCUT2D eigenvalue weighted by atomic mass is 9.70. The molecule has 9 atom stereocenters. The number of rotatable bonds is 33. The third-order valence-electron chi connectivity index (χ3n) is 23.4. The van der Waals surface area contributed by atoms with Crippen molar-refractivity contribution in [3.63, 3.8) is 0 Å². The summed E-state index contributed by atoms with van der Waals surface area (Å²) in [5.41, 5.74) is 2.69. The molecule has 5 saturated heterocycles. The molecule has 6 aliphatic heterocycles. The van der Waals surface area contributed by atoms with Crippen molar-refractivity contribution >= 4 is 64.8 Å². The minimum absolute atomic E-state index is 0.0225. The summed E-state index contributed by atoms with van der Waals surface area (Å²) in [5.74, 6) is -2.81. The summed E-state index contributed by atoms with van der Waals surface area (Å²) >= 11 is 0. The van der Waals surface area contributed by atoms with Gasteiger partial charge in [0.15, 0.2) is 60.3 Å². The van der Waals surface area contributed by atoms with Crippen LogP contribution in [-0.4, -0.2) is 316 Å². The summed E-state index contributed by atoms with van der Waals surface area (Å²) in [7, 11) is 3.10. The van der Waals surface area contributed by atoms with Gasteiger partial charge in [0.2, 0.25) is 6.79 Å². The Kier molecular flexibility index (Phi) is 37.7. The molecule has 6 aliphatic rings. The number of piperazine rings is 1.